The maximum absolute atomic E-state index is 12.1. The Balaban J connectivity index is 1.85. The number of hydrogen-bond donors (Lipinski definition) is 2. The number of nitrogens with one attached hydrogen (secondary N) is 2. The lowest BCUT2D eigenvalue weighted by molar-refractivity contribution is -0.114. The largest absolute Gasteiger partial charge is 0.349 e. The molecule has 0 aromatic carbocycles. The fourth-order valence-corrected chi connectivity index (χ4v) is 3.26. The molecule has 0 radical (unpaired) electrons. The smallest absolute Gasteiger partial charge is 0.270 e. The molecule has 21 heavy (non-hydrogen) atoms. The summed E-state index contributed by atoms with van der Waals surface area (Å²) in [4.78, 5) is 29.6. The van der Waals surface area contributed by atoms with Crippen molar-refractivity contribution in [2.75, 3.05) is 25.0 Å². The Labute approximate surface area is 128 Å². The topological polar surface area (TPSA) is 74.3 Å². The lowest BCUT2D eigenvalue weighted by Gasteiger charge is -2.26. The van der Waals surface area contributed by atoms with Gasteiger partial charge in [0.05, 0.1) is 0 Å². The molecule has 2 rings (SSSR count). The van der Waals surface area contributed by atoms with Crippen molar-refractivity contribution < 1.29 is 9.59 Å². The van der Waals surface area contributed by atoms with Gasteiger partial charge < -0.3 is 10.6 Å². The first-order valence-corrected chi connectivity index (χ1v) is 8.23. The average molecular weight is 310 g/mol. The highest BCUT2D eigenvalue weighted by Gasteiger charge is 2.21. The molecule has 2 heterocycles. The first-order valence-electron chi connectivity index (χ1n) is 7.35. The molecule has 116 valence electrons. The summed E-state index contributed by atoms with van der Waals surface area (Å²) in [5.74, 6) is -0.364. The Bertz CT molecular complexity index is 497. The van der Waals surface area contributed by atoms with Gasteiger partial charge in [0, 0.05) is 24.9 Å². The molecule has 0 bridgehead atoms. The lowest BCUT2D eigenvalue weighted by Crippen LogP contribution is -2.42. The second kappa shape index (κ2) is 7.51. The summed E-state index contributed by atoms with van der Waals surface area (Å²) in [6.07, 6.45) is 3.52. The van der Waals surface area contributed by atoms with E-state index in [1.54, 1.807) is 5.38 Å². The summed E-state index contributed by atoms with van der Waals surface area (Å²) in [7, 11) is 0. The lowest BCUT2D eigenvalue weighted by atomic mass is 10.2. The molecule has 0 saturated carbocycles. The van der Waals surface area contributed by atoms with Crippen LogP contribution in [0, 0.1) is 0 Å². The van der Waals surface area contributed by atoms with Gasteiger partial charge in [-0.25, -0.2) is 4.98 Å². The number of amides is 2. The van der Waals surface area contributed by atoms with Crippen LogP contribution in [0.25, 0.3) is 0 Å². The van der Waals surface area contributed by atoms with Gasteiger partial charge in [0.15, 0.2) is 5.13 Å². The van der Waals surface area contributed by atoms with Crippen LogP contribution in [0.5, 0.6) is 0 Å². The van der Waals surface area contributed by atoms with Crippen LogP contribution in [0.15, 0.2) is 5.38 Å². The monoisotopic (exact) mass is 310 g/mol. The highest BCUT2D eigenvalue weighted by molar-refractivity contribution is 7.14. The summed E-state index contributed by atoms with van der Waals surface area (Å²) < 4.78 is 0. The second-order valence-corrected chi connectivity index (χ2v) is 6.09. The molecule has 0 unspecified atom stereocenters. The molecule has 1 saturated heterocycles. The van der Waals surface area contributed by atoms with Crippen LogP contribution in [-0.2, 0) is 4.79 Å². The fourth-order valence-electron chi connectivity index (χ4n) is 2.53. The van der Waals surface area contributed by atoms with Gasteiger partial charge in [-0.2, -0.15) is 0 Å². The zero-order chi connectivity index (χ0) is 15.2. The van der Waals surface area contributed by atoms with Gasteiger partial charge in [0.25, 0.3) is 5.91 Å². The number of rotatable bonds is 6. The van der Waals surface area contributed by atoms with E-state index in [9.17, 15) is 9.59 Å². The molecule has 1 aromatic rings. The van der Waals surface area contributed by atoms with E-state index in [4.69, 9.17) is 0 Å². The van der Waals surface area contributed by atoms with Crippen LogP contribution >= 0.6 is 11.3 Å². The number of nitrogens with zero attached hydrogens (tertiary/aromatic N) is 2. The van der Waals surface area contributed by atoms with Crippen molar-refractivity contribution in [2.45, 2.75) is 39.2 Å². The molecule has 1 aliphatic heterocycles. The van der Waals surface area contributed by atoms with Crippen LogP contribution in [-0.4, -0.2) is 47.4 Å². The van der Waals surface area contributed by atoms with Crippen LogP contribution in [0.2, 0.25) is 0 Å². The third-order valence-corrected chi connectivity index (χ3v) is 4.40. The van der Waals surface area contributed by atoms with Crippen molar-refractivity contribution >= 4 is 28.3 Å². The van der Waals surface area contributed by atoms with Gasteiger partial charge in [-0.1, -0.05) is 6.92 Å². The van der Waals surface area contributed by atoms with E-state index in [0.717, 1.165) is 19.5 Å². The summed E-state index contributed by atoms with van der Waals surface area (Å²) in [6, 6.07) is 0.393. The van der Waals surface area contributed by atoms with Crippen LogP contribution in [0.3, 0.4) is 0 Å². The Kier molecular flexibility index (Phi) is 5.69. The Morgan fingerprint density at radius 1 is 1.43 bits per heavy atom. The van der Waals surface area contributed by atoms with E-state index in [1.165, 1.54) is 31.1 Å². The van der Waals surface area contributed by atoms with Crippen molar-refractivity contribution in [2.24, 2.45) is 0 Å². The normalized spacial score (nSPS) is 16.7. The van der Waals surface area contributed by atoms with E-state index in [-0.39, 0.29) is 11.8 Å². The van der Waals surface area contributed by atoms with Crippen LogP contribution < -0.4 is 10.6 Å². The van der Waals surface area contributed by atoms with E-state index in [0.29, 0.717) is 23.4 Å². The zero-order valence-corrected chi connectivity index (χ0v) is 13.3. The Morgan fingerprint density at radius 2 is 2.14 bits per heavy atom. The molecule has 1 fully saturated rings. The van der Waals surface area contributed by atoms with E-state index < -0.39 is 0 Å². The summed E-state index contributed by atoms with van der Waals surface area (Å²) >= 11 is 1.26. The van der Waals surface area contributed by atoms with Gasteiger partial charge in [-0.05, 0) is 32.4 Å². The average Bonchev–Trinajstić information content (AvgIpc) is 3.10. The van der Waals surface area contributed by atoms with Gasteiger partial charge in [-0.15, -0.1) is 11.3 Å². The first-order chi connectivity index (χ1) is 10.1. The second-order valence-electron chi connectivity index (χ2n) is 5.23. The predicted octanol–water partition coefficient (Wildman–Crippen LogP) is 1.71. The molecule has 1 aliphatic rings. The molecule has 1 aromatic heterocycles. The first kappa shape index (κ1) is 15.9. The molecule has 0 spiro atoms. The number of carbonyl (C=O) groups excluding carboxylic acids is 2. The summed E-state index contributed by atoms with van der Waals surface area (Å²) in [6.45, 7) is 6.45. The number of hydrogen-bond acceptors (Lipinski definition) is 5. The van der Waals surface area contributed by atoms with Gasteiger partial charge >= 0.3 is 0 Å². The molecular formula is C14H22N4O2S. The van der Waals surface area contributed by atoms with Crippen LogP contribution in [0.1, 0.15) is 43.6 Å². The van der Waals surface area contributed by atoms with Gasteiger partial charge in [-0.3, -0.25) is 14.5 Å². The predicted molar refractivity (Wildman–Crippen MR) is 83.6 cm³/mol. The molecule has 0 aliphatic carbocycles. The molecule has 1 atom stereocenters. The van der Waals surface area contributed by atoms with Crippen molar-refractivity contribution in [3.05, 3.63) is 11.1 Å². The summed E-state index contributed by atoms with van der Waals surface area (Å²) in [5.41, 5.74) is 0.361. The highest BCUT2D eigenvalue weighted by atomic mass is 32.1. The Hall–Kier alpha value is -1.47. The van der Waals surface area contributed by atoms with Gasteiger partial charge in [0.2, 0.25) is 5.91 Å². The minimum atomic E-state index is -0.184. The SMILES string of the molecule is CC[C@H](CNC(=O)c1csc(NC(C)=O)n1)N1CCCC1. The maximum atomic E-state index is 12.1. The number of aromatic nitrogens is 1. The Morgan fingerprint density at radius 3 is 2.76 bits per heavy atom. The van der Waals surface area contributed by atoms with E-state index >= 15 is 0 Å². The third kappa shape index (κ3) is 4.50. The molecule has 6 nitrogen and oxygen atoms in total. The minimum Gasteiger partial charge on any atom is -0.349 e. The van der Waals surface area contributed by atoms with Gasteiger partial charge in [0.1, 0.15) is 5.69 Å². The highest BCUT2D eigenvalue weighted by Crippen LogP contribution is 2.16. The van der Waals surface area contributed by atoms with Crippen molar-refractivity contribution in [3.8, 4) is 0 Å². The summed E-state index contributed by atoms with van der Waals surface area (Å²) in [5, 5.41) is 7.65. The van der Waals surface area contributed by atoms with Crippen molar-refractivity contribution in [1.82, 2.24) is 15.2 Å². The standard InChI is InChI=1S/C14H22N4O2S/c1-3-11(18-6-4-5-7-18)8-15-13(20)12-9-21-14(17-12)16-10(2)19/h9,11H,3-8H2,1-2H3,(H,15,20)(H,16,17,19)/t11-/m1/s1. The molecule has 2 amide bonds. The quantitative estimate of drug-likeness (QED) is 0.839. The number of thiazole rings is 1. The van der Waals surface area contributed by atoms with E-state index in [1.807, 2.05) is 0 Å². The molecule has 7 heteroatoms. The number of carbonyl (C=O) groups is 2. The number of anilines is 1. The minimum absolute atomic E-state index is 0.180. The zero-order valence-electron chi connectivity index (χ0n) is 12.5. The van der Waals surface area contributed by atoms with Crippen LogP contribution in [0.4, 0.5) is 5.13 Å². The van der Waals surface area contributed by atoms with E-state index in [2.05, 4.69) is 27.4 Å². The van der Waals surface area contributed by atoms with Crippen molar-refractivity contribution in [3.63, 3.8) is 0 Å². The fraction of sp³-hybridized carbons (Fsp3) is 0.643. The third-order valence-electron chi connectivity index (χ3n) is 3.65. The maximum Gasteiger partial charge on any atom is 0.270 e. The number of likely N-dealkylation sites (tertiary alicyclic amines) is 1. The molecule has 2 N–H and O–H groups in total. The van der Waals surface area contributed by atoms with Crippen molar-refractivity contribution in [1.29, 1.82) is 0 Å². The molecular weight excluding hydrogens is 288 g/mol.